The molecule has 0 saturated carbocycles. The molecule has 1 aliphatic carbocycles. The molecule has 0 saturated heterocycles. The minimum atomic E-state index is -0.379. The molecule has 2 aromatic carbocycles. The number of nitrogens with zero attached hydrogens (tertiary/aromatic N) is 1. The van der Waals surface area contributed by atoms with E-state index in [1.54, 1.807) is 0 Å². The fourth-order valence-corrected chi connectivity index (χ4v) is 4.47. The number of aromatic nitrogens is 1. The molecule has 4 heteroatoms. The Balaban J connectivity index is 1.74. The summed E-state index contributed by atoms with van der Waals surface area (Å²) in [5, 5.41) is 2.81. The Morgan fingerprint density at radius 2 is 1.57 bits per heavy atom. The van der Waals surface area contributed by atoms with E-state index in [4.69, 9.17) is 4.74 Å². The average Bonchev–Trinajstić information content (AvgIpc) is 3.02. The number of hydrogen-bond donors (Lipinski definition) is 1. The van der Waals surface area contributed by atoms with Gasteiger partial charge in [0, 0.05) is 24.4 Å². The van der Waals surface area contributed by atoms with Crippen molar-refractivity contribution in [2.45, 2.75) is 24.7 Å². The molecule has 1 heterocycles. The molecule has 0 fully saturated rings. The van der Waals surface area contributed by atoms with Gasteiger partial charge in [-0.3, -0.25) is 4.98 Å². The van der Waals surface area contributed by atoms with Crippen LogP contribution in [-0.2, 0) is 16.6 Å². The maximum atomic E-state index is 11.4. The van der Waals surface area contributed by atoms with Gasteiger partial charge in [-0.1, -0.05) is 48.5 Å². The molecule has 0 aliphatic heterocycles. The number of methoxy groups -OCH3 is 1. The van der Waals surface area contributed by atoms with Gasteiger partial charge in [-0.15, -0.1) is 0 Å². The van der Waals surface area contributed by atoms with Crippen molar-refractivity contribution in [2.75, 3.05) is 13.7 Å². The maximum absolute atomic E-state index is 11.4. The zero-order chi connectivity index (χ0) is 19.4. The lowest BCUT2D eigenvalue weighted by molar-refractivity contribution is 0.170. The molecule has 0 radical (unpaired) electrons. The highest BCUT2D eigenvalue weighted by molar-refractivity contribution is 5.81. The van der Waals surface area contributed by atoms with Crippen LogP contribution in [0.4, 0.5) is 4.79 Å². The number of hydrogen-bond acceptors (Lipinski definition) is 3. The van der Waals surface area contributed by atoms with Gasteiger partial charge in [0.05, 0.1) is 7.11 Å². The maximum Gasteiger partial charge on any atom is 0.406 e. The number of nitrogens with one attached hydrogen (secondary N) is 1. The van der Waals surface area contributed by atoms with E-state index in [1.807, 2.05) is 12.4 Å². The van der Waals surface area contributed by atoms with E-state index in [0.29, 0.717) is 6.54 Å². The second kappa shape index (κ2) is 7.85. The van der Waals surface area contributed by atoms with Gasteiger partial charge >= 0.3 is 6.09 Å². The second-order valence-electron chi connectivity index (χ2n) is 7.23. The van der Waals surface area contributed by atoms with Crippen LogP contribution < -0.4 is 5.32 Å². The van der Waals surface area contributed by atoms with Crippen molar-refractivity contribution >= 4 is 6.09 Å². The Morgan fingerprint density at radius 1 is 0.964 bits per heavy atom. The quantitative estimate of drug-likeness (QED) is 0.637. The number of benzene rings is 2. The number of fused-ring (bicyclic) bond motifs is 3. The van der Waals surface area contributed by atoms with Crippen LogP contribution in [0, 0.1) is 0 Å². The topological polar surface area (TPSA) is 51.2 Å². The fraction of sp³-hybridized carbons (Fsp3) is 0.250. The molecule has 3 aromatic rings. The number of ether oxygens (including phenoxy) is 1. The zero-order valence-electron chi connectivity index (χ0n) is 16.0. The van der Waals surface area contributed by atoms with E-state index >= 15 is 0 Å². The molecule has 142 valence electrons. The van der Waals surface area contributed by atoms with Crippen LogP contribution >= 0.6 is 0 Å². The van der Waals surface area contributed by atoms with Gasteiger partial charge in [-0.25, -0.2) is 4.79 Å². The lowest BCUT2D eigenvalue weighted by atomic mass is 9.70. The van der Waals surface area contributed by atoms with Gasteiger partial charge in [0.15, 0.2) is 0 Å². The number of alkyl carbamates (subject to hydrolysis) is 1. The van der Waals surface area contributed by atoms with Gasteiger partial charge in [0.1, 0.15) is 0 Å². The van der Waals surface area contributed by atoms with Crippen LogP contribution in [0.15, 0.2) is 73.1 Å². The predicted molar refractivity (Wildman–Crippen MR) is 110 cm³/mol. The molecular formula is C24H24N2O2. The highest BCUT2D eigenvalue weighted by Crippen LogP contribution is 2.52. The lowest BCUT2D eigenvalue weighted by Gasteiger charge is -2.32. The first-order valence-electron chi connectivity index (χ1n) is 9.65. The van der Waals surface area contributed by atoms with Crippen molar-refractivity contribution in [3.63, 3.8) is 0 Å². The van der Waals surface area contributed by atoms with Crippen molar-refractivity contribution in [1.29, 1.82) is 0 Å². The first-order valence-corrected chi connectivity index (χ1v) is 9.65. The summed E-state index contributed by atoms with van der Waals surface area (Å²) < 4.78 is 4.70. The summed E-state index contributed by atoms with van der Waals surface area (Å²) in [7, 11) is 1.39. The van der Waals surface area contributed by atoms with Crippen molar-refractivity contribution < 1.29 is 9.53 Å². The highest BCUT2D eigenvalue weighted by atomic mass is 16.5. The highest BCUT2D eigenvalue weighted by Gasteiger charge is 2.42. The Bertz CT molecular complexity index is 924. The number of carbonyl (C=O) groups is 1. The monoisotopic (exact) mass is 372 g/mol. The third-order valence-corrected chi connectivity index (χ3v) is 5.67. The first kappa shape index (κ1) is 18.2. The van der Waals surface area contributed by atoms with E-state index < -0.39 is 0 Å². The molecule has 1 amide bonds. The average molecular weight is 372 g/mol. The largest absolute Gasteiger partial charge is 0.453 e. The predicted octanol–water partition coefficient (Wildman–Crippen LogP) is 4.73. The van der Waals surface area contributed by atoms with E-state index in [-0.39, 0.29) is 11.5 Å². The van der Waals surface area contributed by atoms with Crippen LogP contribution in [0.5, 0.6) is 0 Å². The Kier molecular flexibility index (Phi) is 5.11. The third-order valence-electron chi connectivity index (χ3n) is 5.67. The first-order chi connectivity index (χ1) is 13.7. The number of amides is 1. The summed E-state index contributed by atoms with van der Waals surface area (Å²) in [5.41, 5.74) is 6.51. The standard InChI is InChI=1S/C24H24N2O2/c1-28-23(27)26-14-6-13-24(17-18-11-15-25-16-12-18)21-9-4-2-7-19(21)20-8-3-5-10-22(20)24/h2-5,7-12,15-16H,6,13-14,17H2,1H3,(H,26,27). The molecule has 1 aliphatic rings. The Labute approximate surface area is 165 Å². The number of pyridine rings is 1. The van der Waals surface area contributed by atoms with Crippen LogP contribution in [0.1, 0.15) is 29.5 Å². The van der Waals surface area contributed by atoms with Crippen molar-refractivity contribution in [2.24, 2.45) is 0 Å². The van der Waals surface area contributed by atoms with Gasteiger partial charge in [0.25, 0.3) is 0 Å². The minimum Gasteiger partial charge on any atom is -0.453 e. The third kappa shape index (κ3) is 3.26. The summed E-state index contributed by atoms with van der Waals surface area (Å²) in [5.74, 6) is 0. The van der Waals surface area contributed by atoms with Crippen molar-refractivity contribution in [3.05, 3.63) is 89.7 Å². The molecule has 0 unspecified atom stereocenters. The van der Waals surface area contributed by atoms with Crippen LogP contribution in [-0.4, -0.2) is 24.7 Å². The molecule has 4 nitrogen and oxygen atoms in total. The molecule has 1 N–H and O–H groups in total. The van der Waals surface area contributed by atoms with Crippen LogP contribution in [0.2, 0.25) is 0 Å². The summed E-state index contributed by atoms with van der Waals surface area (Å²) in [6.07, 6.45) is 6.04. The summed E-state index contributed by atoms with van der Waals surface area (Å²) in [4.78, 5) is 15.6. The van der Waals surface area contributed by atoms with Crippen molar-refractivity contribution in [3.8, 4) is 11.1 Å². The molecule has 0 atom stereocenters. The number of carbonyl (C=O) groups excluding carboxylic acids is 1. The minimum absolute atomic E-state index is 0.119. The Morgan fingerprint density at radius 3 is 2.18 bits per heavy atom. The van der Waals surface area contributed by atoms with Gasteiger partial charge in [-0.05, 0) is 59.2 Å². The van der Waals surface area contributed by atoms with Gasteiger partial charge < -0.3 is 10.1 Å². The van der Waals surface area contributed by atoms with Crippen LogP contribution in [0.25, 0.3) is 11.1 Å². The normalized spacial score (nSPS) is 13.5. The SMILES string of the molecule is COC(=O)NCCCC1(Cc2ccncc2)c2ccccc2-c2ccccc21. The zero-order valence-corrected chi connectivity index (χ0v) is 16.0. The molecular weight excluding hydrogens is 348 g/mol. The van der Waals surface area contributed by atoms with E-state index in [2.05, 4.69) is 71.0 Å². The molecule has 1 aromatic heterocycles. The fourth-order valence-electron chi connectivity index (χ4n) is 4.47. The lowest BCUT2D eigenvalue weighted by Crippen LogP contribution is -2.31. The van der Waals surface area contributed by atoms with Crippen molar-refractivity contribution in [1.82, 2.24) is 10.3 Å². The van der Waals surface area contributed by atoms with E-state index in [1.165, 1.54) is 34.9 Å². The van der Waals surface area contributed by atoms with Gasteiger partial charge in [-0.2, -0.15) is 0 Å². The number of rotatable bonds is 6. The summed E-state index contributed by atoms with van der Waals surface area (Å²) in [6, 6.07) is 21.6. The second-order valence-corrected chi connectivity index (χ2v) is 7.23. The molecule has 28 heavy (non-hydrogen) atoms. The molecule has 4 rings (SSSR count). The smallest absolute Gasteiger partial charge is 0.406 e. The van der Waals surface area contributed by atoms with Crippen LogP contribution in [0.3, 0.4) is 0 Å². The summed E-state index contributed by atoms with van der Waals surface area (Å²) in [6.45, 7) is 0.592. The summed E-state index contributed by atoms with van der Waals surface area (Å²) >= 11 is 0. The van der Waals surface area contributed by atoms with E-state index in [9.17, 15) is 4.79 Å². The van der Waals surface area contributed by atoms with E-state index in [0.717, 1.165) is 19.3 Å². The molecule has 0 spiro atoms. The Hall–Kier alpha value is -3.14. The molecule has 0 bridgehead atoms. The van der Waals surface area contributed by atoms with Gasteiger partial charge in [0.2, 0.25) is 0 Å².